The van der Waals surface area contributed by atoms with E-state index in [0.29, 0.717) is 69.2 Å². The van der Waals surface area contributed by atoms with E-state index in [4.69, 9.17) is 33.2 Å². The highest BCUT2D eigenvalue weighted by Crippen LogP contribution is 2.43. The fourth-order valence-electron chi connectivity index (χ4n) is 12.9. The highest BCUT2D eigenvalue weighted by molar-refractivity contribution is 5.93. The van der Waals surface area contributed by atoms with Crippen molar-refractivity contribution < 1.29 is 72.8 Å². The number of ether oxygens (including phenoxy) is 7. The third-order valence-electron chi connectivity index (χ3n) is 17.7. The standard InChI is InChI=1S/C60H99N5O16/c1-17-46-60(10,74)52(70)37(5)48(67)35(3)31-58(8,75-15)54(81-55-50(69)45(63(11)12)29-36(4)62-55)38(6)51(39(7)57(73)80-46)79-41-28-34(2)53(59(9,32-41)76-16)78-26-19-24-61-47(66)23-27-77-25-18-20-40-21-22-44-42(30-40)49(68)43(56(71)72)33-65(44)64(13)14/h21-22,30,33-39,41,45-46,50-55,62,69-70,74H,17-20,23-29,31-32H2,1-16H3,(H,61,66)(H,71,72)/t34-,35-,36-,37+,38+,39-,41-,45+,46-,50-,51+,52+,53+,54-,55+,58-,59-,60-/m1/s1. The average Bonchev–Trinajstić information content (AvgIpc) is 3.48. The van der Waals surface area contributed by atoms with Gasteiger partial charge >= 0.3 is 11.9 Å². The number of benzene rings is 1. The Morgan fingerprint density at radius 3 is 2.16 bits per heavy atom. The summed E-state index contributed by atoms with van der Waals surface area (Å²) in [5.41, 5.74) is -3.41. The number of cyclic esters (lactones) is 1. The number of nitrogens with zero attached hydrogens (tertiary/aromatic N) is 3. The van der Waals surface area contributed by atoms with Crippen LogP contribution in [0.2, 0.25) is 0 Å². The summed E-state index contributed by atoms with van der Waals surface area (Å²) >= 11 is 0. The number of aliphatic hydroxyl groups is 3. The number of carboxylic acids is 1. The van der Waals surface area contributed by atoms with Gasteiger partial charge in [-0.25, -0.2) is 4.79 Å². The lowest BCUT2D eigenvalue weighted by Gasteiger charge is -2.50. The van der Waals surface area contributed by atoms with Crippen LogP contribution in [0.3, 0.4) is 0 Å². The van der Waals surface area contributed by atoms with Crippen LogP contribution in [0, 0.1) is 29.6 Å². The number of pyridine rings is 1. The molecule has 0 bridgehead atoms. The minimum atomic E-state index is -1.98. The number of aromatic carboxylic acids is 1. The summed E-state index contributed by atoms with van der Waals surface area (Å²) in [6.45, 7) is 19.4. The third-order valence-corrected chi connectivity index (χ3v) is 17.7. The summed E-state index contributed by atoms with van der Waals surface area (Å²) in [4.78, 5) is 68.4. The topological polar surface area (TPSA) is 266 Å². The van der Waals surface area contributed by atoms with Crippen LogP contribution in [0.4, 0.5) is 0 Å². The minimum Gasteiger partial charge on any atom is -0.477 e. The maximum atomic E-state index is 14.6. The van der Waals surface area contributed by atoms with Gasteiger partial charge in [0.05, 0.1) is 59.8 Å². The second-order valence-corrected chi connectivity index (χ2v) is 24.6. The third kappa shape index (κ3) is 16.2. The molecule has 0 spiro atoms. The Kier molecular flexibility index (Phi) is 24.3. The molecule has 2 aromatic rings. The smallest absolute Gasteiger partial charge is 0.341 e. The molecule has 3 fully saturated rings. The van der Waals surface area contributed by atoms with Gasteiger partial charge in [-0.05, 0) is 117 Å². The number of amides is 1. The zero-order valence-electron chi connectivity index (χ0n) is 51.2. The molecule has 2 aliphatic heterocycles. The lowest BCUT2D eigenvalue weighted by molar-refractivity contribution is -0.240. The fourth-order valence-corrected chi connectivity index (χ4v) is 12.9. The van der Waals surface area contributed by atoms with E-state index in [0.717, 1.165) is 5.56 Å². The summed E-state index contributed by atoms with van der Waals surface area (Å²) < 4.78 is 47.1. The maximum absolute atomic E-state index is 14.6. The van der Waals surface area contributed by atoms with Crippen molar-refractivity contribution in [1.82, 2.24) is 20.2 Å². The zero-order chi connectivity index (χ0) is 60.5. The first-order valence-corrected chi connectivity index (χ1v) is 29.2. The van der Waals surface area contributed by atoms with Crippen LogP contribution in [-0.4, -0.2) is 200 Å². The first-order valence-electron chi connectivity index (χ1n) is 29.2. The first kappa shape index (κ1) is 67.7. The second kappa shape index (κ2) is 29.1. The maximum Gasteiger partial charge on any atom is 0.341 e. The van der Waals surface area contributed by atoms with Crippen LogP contribution < -0.4 is 21.1 Å². The molecule has 5 rings (SSSR count). The lowest BCUT2D eigenvalue weighted by Crippen LogP contribution is -2.64. The number of carboxylic acid groups (broad SMARTS) is 1. The molecule has 0 unspecified atom stereocenters. The van der Waals surface area contributed by atoms with E-state index >= 15 is 0 Å². The van der Waals surface area contributed by atoms with Gasteiger partial charge < -0.3 is 68.8 Å². The summed E-state index contributed by atoms with van der Waals surface area (Å²) in [5, 5.41) is 53.5. The molecule has 2 saturated heterocycles. The molecule has 460 valence electrons. The summed E-state index contributed by atoms with van der Waals surface area (Å²) in [6.07, 6.45) is -2.08. The second-order valence-electron chi connectivity index (χ2n) is 24.6. The van der Waals surface area contributed by atoms with Crippen LogP contribution in [0.25, 0.3) is 10.9 Å². The minimum absolute atomic E-state index is 0.0343. The molecule has 1 aliphatic carbocycles. The van der Waals surface area contributed by atoms with E-state index in [2.05, 4.69) is 17.6 Å². The van der Waals surface area contributed by atoms with Gasteiger partial charge in [0.25, 0.3) is 0 Å². The number of piperidine rings is 1. The van der Waals surface area contributed by atoms with E-state index in [1.54, 1.807) is 71.8 Å². The Labute approximate surface area is 480 Å². The molecular formula is C60H99N5O16. The predicted octanol–water partition coefficient (Wildman–Crippen LogP) is 4.46. The quantitative estimate of drug-likeness (QED) is 0.0702. The monoisotopic (exact) mass is 1150 g/mol. The number of carbonyl (C=O) groups is 4. The average molecular weight is 1150 g/mol. The number of methoxy groups -OCH3 is 2. The Morgan fingerprint density at radius 2 is 1.54 bits per heavy atom. The SMILES string of the molecule is CC[C@H]1OC(=O)[C@H](C)[C@@H](O[C@@H]2C[C@@H](C)[C@H](OCCCNC(=O)CCOCCCc3ccc4c(c3)c(=O)c(C(=O)O)cn4N(C)C)[C@](C)(OC)C2)[C@H](C)[C@@H](O[C@@H]2N[C@H](C)C[C@H](N(C)C)[C@H]2O)[C@](C)(OC)C[C@@H](C)C(=O)[C@H](C)[C@H](O)[C@]1(C)O. The summed E-state index contributed by atoms with van der Waals surface area (Å²) in [7, 11) is 10.5. The zero-order valence-corrected chi connectivity index (χ0v) is 51.2. The molecule has 1 aromatic carbocycles. The lowest BCUT2D eigenvalue weighted by atomic mass is 9.73. The van der Waals surface area contributed by atoms with Crippen molar-refractivity contribution in [1.29, 1.82) is 0 Å². The van der Waals surface area contributed by atoms with Crippen molar-refractivity contribution in [2.24, 2.45) is 29.6 Å². The molecule has 81 heavy (non-hydrogen) atoms. The molecule has 21 nitrogen and oxygen atoms in total. The van der Waals surface area contributed by atoms with Gasteiger partial charge in [-0.2, -0.15) is 0 Å². The number of carbonyl (C=O) groups excluding carboxylic acids is 3. The number of esters is 1. The molecule has 3 aliphatic rings. The molecule has 1 aromatic heterocycles. The van der Waals surface area contributed by atoms with E-state index in [9.17, 15) is 44.4 Å². The number of aryl methyl sites for hydroxylation is 1. The van der Waals surface area contributed by atoms with E-state index < -0.39 is 101 Å². The predicted molar refractivity (Wildman–Crippen MR) is 307 cm³/mol. The Balaban J connectivity index is 1.24. The van der Waals surface area contributed by atoms with Crippen LogP contribution in [0.1, 0.15) is 137 Å². The number of aromatic nitrogens is 1. The van der Waals surface area contributed by atoms with Crippen molar-refractivity contribution >= 4 is 34.5 Å². The van der Waals surface area contributed by atoms with Crippen molar-refractivity contribution in [2.75, 3.05) is 73.8 Å². The fraction of sp³-hybridized carbons (Fsp3) is 0.783. The van der Waals surface area contributed by atoms with Crippen molar-refractivity contribution in [2.45, 2.75) is 205 Å². The van der Waals surface area contributed by atoms with Gasteiger partial charge in [-0.15, -0.1) is 0 Å². The van der Waals surface area contributed by atoms with E-state index in [-0.39, 0.29) is 67.2 Å². The first-order chi connectivity index (χ1) is 38.0. The molecule has 21 heteroatoms. The number of nitrogens with one attached hydrogen (secondary N) is 2. The molecule has 3 heterocycles. The number of Topliss-reactive ketones (excluding diaryl/α,β-unsaturated/α-hetero) is 1. The van der Waals surface area contributed by atoms with Gasteiger partial charge in [0, 0.05) is 102 Å². The van der Waals surface area contributed by atoms with Gasteiger partial charge in [0.2, 0.25) is 11.3 Å². The molecule has 0 radical (unpaired) electrons. The molecule has 1 amide bonds. The van der Waals surface area contributed by atoms with Gasteiger partial charge in [0.15, 0.2) is 0 Å². The number of likely N-dealkylation sites (N-methyl/N-ethyl adjacent to an activating group) is 1. The highest BCUT2D eigenvalue weighted by atomic mass is 16.6. The molecular weight excluding hydrogens is 1050 g/mol. The van der Waals surface area contributed by atoms with Crippen LogP contribution in [0.15, 0.2) is 29.2 Å². The Morgan fingerprint density at radius 1 is 0.877 bits per heavy atom. The normalized spacial score (nSPS) is 35.6. The van der Waals surface area contributed by atoms with Gasteiger partial charge in [-0.1, -0.05) is 40.7 Å². The van der Waals surface area contributed by atoms with E-state index in [1.165, 1.54) is 13.1 Å². The van der Waals surface area contributed by atoms with Gasteiger partial charge in [0.1, 0.15) is 35.4 Å². The summed E-state index contributed by atoms with van der Waals surface area (Å²) in [6, 6.07) is 5.17. The molecule has 18 atom stereocenters. The number of rotatable bonds is 22. The number of hydrogen-bond acceptors (Lipinski definition) is 18. The van der Waals surface area contributed by atoms with Crippen LogP contribution >= 0.6 is 0 Å². The molecule has 6 N–H and O–H groups in total. The van der Waals surface area contributed by atoms with Crippen LogP contribution in [-0.2, 0) is 54.0 Å². The van der Waals surface area contributed by atoms with Crippen molar-refractivity contribution in [3.8, 4) is 0 Å². The number of hydrogen-bond donors (Lipinski definition) is 6. The number of ketones is 1. The van der Waals surface area contributed by atoms with Crippen LogP contribution in [0.5, 0.6) is 0 Å². The number of fused-ring (bicyclic) bond motifs is 1. The molecule has 1 saturated carbocycles. The van der Waals surface area contributed by atoms with Crippen molar-refractivity contribution in [3.63, 3.8) is 0 Å². The van der Waals surface area contributed by atoms with Crippen molar-refractivity contribution in [3.05, 3.63) is 45.7 Å². The Hall–Kier alpha value is -4.13. The number of aliphatic hydroxyl groups excluding tert-OH is 2. The van der Waals surface area contributed by atoms with Gasteiger partial charge in [-0.3, -0.25) is 29.2 Å². The summed E-state index contributed by atoms with van der Waals surface area (Å²) in [5.74, 6) is -5.85. The largest absolute Gasteiger partial charge is 0.477 e. The Bertz CT molecular complexity index is 2470. The highest BCUT2D eigenvalue weighted by Gasteiger charge is 2.54. The van der Waals surface area contributed by atoms with E-state index in [1.807, 2.05) is 58.8 Å².